The molecule has 0 bridgehead atoms. The Morgan fingerprint density at radius 2 is 1.63 bits per heavy atom. The average Bonchev–Trinajstić information content (AvgIpc) is 2.69. The molecule has 0 N–H and O–H groups in total. The first kappa shape index (κ1) is 21.5. The summed E-state index contributed by atoms with van der Waals surface area (Å²) in [5, 5.41) is -0.335. The number of hydrogen-bond donors (Lipinski definition) is 0. The maximum absolute atomic E-state index is 12.8. The van der Waals surface area contributed by atoms with Crippen molar-refractivity contribution in [3.8, 4) is 28.5 Å². The van der Waals surface area contributed by atoms with Crippen LogP contribution in [0, 0.1) is 0 Å². The van der Waals surface area contributed by atoms with E-state index in [2.05, 4.69) is 4.18 Å². The number of pyridine rings is 1. The first-order valence-corrected chi connectivity index (χ1v) is 9.76. The summed E-state index contributed by atoms with van der Waals surface area (Å²) in [5.74, 6) is -0.238. The molecule has 160 valence electrons. The zero-order valence-electron chi connectivity index (χ0n) is 16.0. The van der Waals surface area contributed by atoms with E-state index >= 15 is 0 Å². The molecule has 0 amide bonds. The molecule has 30 heavy (non-hydrogen) atoms. The fourth-order valence-electron chi connectivity index (χ4n) is 2.92. The van der Waals surface area contributed by atoms with E-state index < -0.39 is 26.8 Å². The fraction of sp³-hybridized carbons (Fsp3) is 0.211. The molecule has 0 spiro atoms. The smallest absolute Gasteiger partial charge is 0.497 e. The normalized spacial score (nSPS) is 12.1. The van der Waals surface area contributed by atoms with E-state index in [-0.39, 0.29) is 16.7 Å². The number of halogens is 3. The van der Waals surface area contributed by atoms with Gasteiger partial charge in [0.15, 0.2) is 11.2 Å². The number of benzene rings is 2. The first-order valence-electron chi connectivity index (χ1n) is 8.35. The number of rotatable bonds is 5. The topological polar surface area (TPSA) is 83.8 Å². The molecule has 0 radical (unpaired) electrons. The van der Waals surface area contributed by atoms with E-state index in [0.717, 1.165) is 6.07 Å². The lowest BCUT2D eigenvalue weighted by Gasteiger charge is -2.17. The summed E-state index contributed by atoms with van der Waals surface area (Å²) < 4.78 is 77.4. The van der Waals surface area contributed by atoms with Gasteiger partial charge >= 0.3 is 15.6 Å². The standard InChI is InChI=1S/C19H16F3NO6S/c1-23-14(11-5-4-6-12(7-11)27-2)10-16(24)18-15(23)8-13(28-3)9-17(18)29-30(25,26)19(20,21)22/h4-10H,1-3H3. The predicted molar refractivity (Wildman–Crippen MR) is 103 cm³/mol. The second kappa shape index (κ2) is 7.56. The second-order valence-electron chi connectivity index (χ2n) is 6.19. The Morgan fingerprint density at radius 1 is 0.967 bits per heavy atom. The van der Waals surface area contributed by atoms with Crippen LogP contribution < -0.4 is 19.1 Å². The van der Waals surface area contributed by atoms with E-state index in [0.29, 0.717) is 17.0 Å². The van der Waals surface area contributed by atoms with Crippen LogP contribution in [-0.2, 0) is 17.2 Å². The summed E-state index contributed by atoms with van der Waals surface area (Å²) in [6, 6.07) is 10.3. The molecular weight excluding hydrogens is 427 g/mol. The number of aromatic nitrogens is 1. The van der Waals surface area contributed by atoms with Gasteiger partial charge in [0.1, 0.15) is 11.5 Å². The second-order valence-corrected chi connectivity index (χ2v) is 7.73. The van der Waals surface area contributed by atoms with Gasteiger partial charge in [-0.1, -0.05) is 12.1 Å². The molecule has 0 saturated heterocycles. The molecule has 0 saturated carbocycles. The highest BCUT2D eigenvalue weighted by atomic mass is 32.2. The molecule has 3 aromatic rings. The molecule has 0 atom stereocenters. The van der Waals surface area contributed by atoms with Gasteiger partial charge in [0.05, 0.1) is 30.8 Å². The number of ether oxygens (including phenoxy) is 2. The average molecular weight is 443 g/mol. The zero-order chi connectivity index (χ0) is 22.3. The van der Waals surface area contributed by atoms with Crippen molar-refractivity contribution in [1.29, 1.82) is 0 Å². The number of nitrogens with zero attached hydrogens (tertiary/aromatic N) is 1. The van der Waals surface area contributed by atoms with Gasteiger partial charge in [0.25, 0.3) is 0 Å². The van der Waals surface area contributed by atoms with Crippen LogP contribution in [0.1, 0.15) is 0 Å². The van der Waals surface area contributed by atoms with Crippen molar-refractivity contribution in [3.63, 3.8) is 0 Å². The Balaban J connectivity index is 2.32. The van der Waals surface area contributed by atoms with E-state index in [4.69, 9.17) is 9.47 Å². The van der Waals surface area contributed by atoms with Crippen LogP contribution in [-0.4, -0.2) is 32.7 Å². The van der Waals surface area contributed by atoms with Crippen molar-refractivity contribution in [2.75, 3.05) is 14.2 Å². The minimum Gasteiger partial charge on any atom is -0.497 e. The highest BCUT2D eigenvalue weighted by Crippen LogP contribution is 2.35. The van der Waals surface area contributed by atoms with Crippen LogP contribution in [0.2, 0.25) is 0 Å². The third-order valence-electron chi connectivity index (χ3n) is 4.38. The van der Waals surface area contributed by atoms with Crippen molar-refractivity contribution in [1.82, 2.24) is 4.57 Å². The third kappa shape index (κ3) is 3.80. The lowest BCUT2D eigenvalue weighted by molar-refractivity contribution is -0.0499. The molecular formula is C19H16F3NO6S. The summed E-state index contributed by atoms with van der Waals surface area (Å²) in [6.45, 7) is 0. The molecule has 0 unspecified atom stereocenters. The number of alkyl halides is 3. The number of aryl methyl sites for hydroxylation is 1. The molecule has 1 heterocycles. The van der Waals surface area contributed by atoms with E-state index in [1.165, 1.54) is 30.9 Å². The molecule has 3 rings (SSSR count). The Labute approximate surface area is 169 Å². The van der Waals surface area contributed by atoms with Crippen LogP contribution >= 0.6 is 0 Å². The first-order chi connectivity index (χ1) is 14.0. The molecule has 1 aromatic heterocycles. The van der Waals surface area contributed by atoms with Crippen LogP contribution in [0.5, 0.6) is 17.2 Å². The molecule has 0 aliphatic carbocycles. The minimum absolute atomic E-state index is 0.00710. The zero-order valence-corrected chi connectivity index (χ0v) is 16.8. The Hall–Kier alpha value is -3.21. The SMILES string of the molecule is COc1cccc(-c2cc(=O)c3c(OS(=O)(=O)C(F)(F)F)cc(OC)cc3n2C)c1. The van der Waals surface area contributed by atoms with E-state index in [9.17, 15) is 26.4 Å². The summed E-state index contributed by atoms with van der Waals surface area (Å²) in [7, 11) is -1.70. The summed E-state index contributed by atoms with van der Waals surface area (Å²) in [5.41, 5.74) is -5.25. The van der Waals surface area contributed by atoms with Gasteiger partial charge in [-0.05, 0) is 12.1 Å². The van der Waals surface area contributed by atoms with E-state index in [1.54, 1.807) is 31.3 Å². The van der Waals surface area contributed by atoms with Crippen LogP contribution in [0.25, 0.3) is 22.2 Å². The summed E-state index contributed by atoms with van der Waals surface area (Å²) in [4.78, 5) is 12.8. The van der Waals surface area contributed by atoms with Crippen molar-refractivity contribution < 1.29 is 35.2 Å². The van der Waals surface area contributed by atoms with Crippen molar-refractivity contribution >= 4 is 21.0 Å². The van der Waals surface area contributed by atoms with Gasteiger partial charge in [-0.25, -0.2) is 0 Å². The van der Waals surface area contributed by atoms with Crippen LogP contribution in [0.15, 0.2) is 47.3 Å². The maximum atomic E-state index is 12.8. The monoisotopic (exact) mass is 443 g/mol. The van der Waals surface area contributed by atoms with Gasteiger partial charge in [-0.3, -0.25) is 4.79 Å². The van der Waals surface area contributed by atoms with Crippen LogP contribution in [0.4, 0.5) is 13.2 Å². The van der Waals surface area contributed by atoms with Crippen molar-refractivity contribution in [3.05, 3.63) is 52.7 Å². The molecule has 7 nitrogen and oxygen atoms in total. The van der Waals surface area contributed by atoms with Crippen molar-refractivity contribution in [2.45, 2.75) is 5.51 Å². The number of hydrogen-bond acceptors (Lipinski definition) is 6. The molecule has 0 fully saturated rings. The fourth-order valence-corrected chi connectivity index (χ4v) is 3.38. The highest BCUT2D eigenvalue weighted by molar-refractivity contribution is 7.88. The van der Waals surface area contributed by atoms with Gasteiger partial charge in [0.2, 0.25) is 0 Å². The molecule has 0 aliphatic heterocycles. The Kier molecular flexibility index (Phi) is 5.42. The maximum Gasteiger partial charge on any atom is 0.534 e. The molecule has 11 heteroatoms. The number of fused-ring (bicyclic) bond motifs is 1. The number of methoxy groups -OCH3 is 2. The predicted octanol–water partition coefficient (Wildman–Crippen LogP) is 3.45. The lowest BCUT2D eigenvalue weighted by Crippen LogP contribution is -2.28. The van der Waals surface area contributed by atoms with Gasteiger partial charge < -0.3 is 18.2 Å². The van der Waals surface area contributed by atoms with Gasteiger partial charge in [-0.15, -0.1) is 0 Å². The van der Waals surface area contributed by atoms with Crippen LogP contribution in [0.3, 0.4) is 0 Å². The highest BCUT2D eigenvalue weighted by Gasteiger charge is 2.49. The molecule has 0 aliphatic rings. The lowest BCUT2D eigenvalue weighted by atomic mass is 10.1. The minimum atomic E-state index is -5.99. The Morgan fingerprint density at radius 3 is 2.23 bits per heavy atom. The third-order valence-corrected chi connectivity index (χ3v) is 5.34. The molecule has 2 aromatic carbocycles. The quantitative estimate of drug-likeness (QED) is 0.444. The van der Waals surface area contributed by atoms with Gasteiger partial charge in [0, 0.05) is 30.8 Å². The largest absolute Gasteiger partial charge is 0.534 e. The Bertz CT molecular complexity index is 1280. The summed E-state index contributed by atoms with van der Waals surface area (Å²) >= 11 is 0. The summed E-state index contributed by atoms with van der Waals surface area (Å²) in [6.07, 6.45) is 0. The van der Waals surface area contributed by atoms with Crippen molar-refractivity contribution in [2.24, 2.45) is 7.05 Å². The van der Waals surface area contributed by atoms with Gasteiger partial charge in [-0.2, -0.15) is 21.6 Å². The van der Waals surface area contributed by atoms with E-state index in [1.807, 2.05) is 0 Å².